The minimum atomic E-state index is -0.424. The number of benzene rings is 2. The summed E-state index contributed by atoms with van der Waals surface area (Å²) >= 11 is 1.29. The van der Waals surface area contributed by atoms with E-state index in [0.717, 1.165) is 11.0 Å². The van der Waals surface area contributed by atoms with E-state index in [1.165, 1.54) is 18.9 Å². The minimum absolute atomic E-state index is 0.164. The second-order valence-electron chi connectivity index (χ2n) is 6.60. The van der Waals surface area contributed by atoms with Crippen molar-refractivity contribution in [1.82, 2.24) is 14.8 Å². The van der Waals surface area contributed by atoms with Crippen LogP contribution in [0.2, 0.25) is 0 Å². The summed E-state index contributed by atoms with van der Waals surface area (Å²) in [5.74, 6) is 0.814. The zero-order valence-electron chi connectivity index (χ0n) is 17.0. The Hall–Kier alpha value is -3.59. The number of rotatable bonds is 7. The fourth-order valence-corrected chi connectivity index (χ4v) is 3.89. The van der Waals surface area contributed by atoms with Crippen LogP contribution in [0.5, 0.6) is 0 Å². The van der Waals surface area contributed by atoms with Crippen LogP contribution in [0.25, 0.3) is 22.6 Å². The van der Waals surface area contributed by atoms with Gasteiger partial charge in [0.15, 0.2) is 10.9 Å². The molecule has 0 saturated carbocycles. The predicted octanol–water partition coefficient (Wildman–Crippen LogP) is 4.23. The van der Waals surface area contributed by atoms with Crippen molar-refractivity contribution in [2.24, 2.45) is 0 Å². The molecular formula is C22H20N4O4S. The maximum atomic E-state index is 12.4. The number of carbonyl (C=O) groups excluding carboxylic acids is 2. The first kappa shape index (κ1) is 20.7. The molecule has 2 aromatic carbocycles. The molecule has 8 nitrogen and oxygen atoms in total. The van der Waals surface area contributed by atoms with E-state index in [1.54, 1.807) is 24.3 Å². The van der Waals surface area contributed by atoms with Crippen LogP contribution in [0.3, 0.4) is 0 Å². The van der Waals surface area contributed by atoms with Crippen molar-refractivity contribution in [3.05, 3.63) is 60.2 Å². The van der Waals surface area contributed by atoms with Crippen molar-refractivity contribution in [3.8, 4) is 11.6 Å². The molecule has 0 bridgehead atoms. The molecule has 1 N–H and O–H groups in total. The molecule has 0 atom stereocenters. The molecule has 0 radical (unpaired) electrons. The van der Waals surface area contributed by atoms with E-state index >= 15 is 0 Å². The van der Waals surface area contributed by atoms with Crippen LogP contribution >= 0.6 is 11.8 Å². The zero-order chi connectivity index (χ0) is 21.8. The summed E-state index contributed by atoms with van der Waals surface area (Å²) in [5.41, 5.74) is 1.80. The predicted molar refractivity (Wildman–Crippen MR) is 118 cm³/mol. The maximum absolute atomic E-state index is 12.4. The van der Waals surface area contributed by atoms with Crippen molar-refractivity contribution in [1.29, 1.82) is 0 Å². The van der Waals surface area contributed by atoms with Crippen LogP contribution in [0.15, 0.2) is 64.2 Å². The van der Waals surface area contributed by atoms with Gasteiger partial charge in [-0.05, 0) is 43.3 Å². The second kappa shape index (κ2) is 9.05. The topological polar surface area (TPSA) is 99.2 Å². The van der Waals surface area contributed by atoms with Crippen LogP contribution in [0.1, 0.15) is 17.3 Å². The van der Waals surface area contributed by atoms with Gasteiger partial charge in [-0.3, -0.25) is 9.36 Å². The number of hydrogen-bond acceptors (Lipinski definition) is 7. The number of anilines is 1. The number of esters is 1. The lowest BCUT2D eigenvalue weighted by Crippen LogP contribution is -2.14. The molecule has 2 heterocycles. The number of furan rings is 1. The monoisotopic (exact) mass is 436 g/mol. The summed E-state index contributed by atoms with van der Waals surface area (Å²) in [6, 6.07) is 16.2. The Balaban J connectivity index is 1.42. The van der Waals surface area contributed by atoms with Crippen LogP contribution in [-0.2, 0) is 16.1 Å². The van der Waals surface area contributed by atoms with Crippen molar-refractivity contribution in [2.45, 2.75) is 18.6 Å². The van der Waals surface area contributed by atoms with Gasteiger partial charge >= 0.3 is 5.97 Å². The second-order valence-corrected chi connectivity index (χ2v) is 7.55. The lowest BCUT2D eigenvalue weighted by molar-refractivity contribution is -0.113. The summed E-state index contributed by atoms with van der Waals surface area (Å²) < 4.78 is 12.5. The van der Waals surface area contributed by atoms with Crippen LogP contribution < -0.4 is 5.32 Å². The van der Waals surface area contributed by atoms with E-state index in [2.05, 4.69) is 20.3 Å². The molecule has 2 aromatic heterocycles. The number of thioether (sulfide) groups is 1. The van der Waals surface area contributed by atoms with Crippen molar-refractivity contribution < 1.29 is 18.7 Å². The van der Waals surface area contributed by atoms with Crippen LogP contribution in [0, 0.1) is 0 Å². The molecule has 0 aliphatic heterocycles. The lowest BCUT2D eigenvalue weighted by Gasteiger charge is -2.07. The molecule has 0 saturated heterocycles. The first-order chi connectivity index (χ1) is 15.1. The van der Waals surface area contributed by atoms with Gasteiger partial charge in [-0.2, -0.15) is 0 Å². The smallest absolute Gasteiger partial charge is 0.337 e. The highest BCUT2D eigenvalue weighted by Crippen LogP contribution is 2.29. The molecule has 4 aromatic rings. The normalized spacial score (nSPS) is 10.9. The lowest BCUT2D eigenvalue weighted by atomic mass is 10.2. The molecule has 0 aliphatic rings. The first-order valence-electron chi connectivity index (χ1n) is 9.62. The number of para-hydroxylation sites is 1. The fraction of sp³-hybridized carbons (Fsp3) is 0.182. The van der Waals surface area contributed by atoms with Gasteiger partial charge in [0.05, 0.1) is 18.4 Å². The average molecular weight is 436 g/mol. The molecule has 0 aliphatic carbocycles. The van der Waals surface area contributed by atoms with Gasteiger partial charge in [0, 0.05) is 17.6 Å². The fourth-order valence-electron chi connectivity index (χ4n) is 3.09. The number of ether oxygens (including phenoxy) is 1. The number of nitrogens with zero attached hydrogens (tertiary/aromatic N) is 3. The van der Waals surface area contributed by atoms with Gasteiger partial charge in [0.1, 0.15) is 5.58 Å². The number of methoxy groups -OCH3 is 1. The first-order valence-corrected chi connectivity index (χ1v) is 10.6. The molecule has 0 fully saturated rings. The van der Waals surface area contributed by atoms with Crippen LogP contribution in [-0.4, -0.2) is 39.5 Å². The van der Waals surface area contributed by atoms with Crippen molar-refractivity contribution in [2.75, 3.05) is 18.2 Å². The Kier molecular flexibility index (Phi) is 6.03. The van der Waals surface area contributed by atoms with E-state index in [-0.39, 0.29) is 11.7 Å². The van der Waals surface area contributed by atoms with E-state index in [9.17, 15) is 9.59 Å². The molecule has 1 amide bonds. The molecule has 4 rings (SSSR count). The van der Waals surface area contributed by atoms with E-state index in [1.807, 2.05) is 41.8 Å². The standard InChI is InChI=1S/C22H20N4O4S/c1-3-26-20(18-12-15-6-4-5-7-17(15)30-18)24-25-22(26)31-13-19(27)23-16-10-8-14(9-11-16)21(28)29-2/h4-12H,3,13H2,1-2H3,(H,23,27). The third-order valence-corrected chi connectivity index (χ3v) is 5.57. The van der Waals surface area contributed by atoms with E-state index in [0.29, 0.717) is 34.5 Å². The molecule has 0 unspecified atom stereocenters. The summed E-state index contributed by atoms with van der Waals surface area (Å²) in [5, 5.41) is 12.9. The molecule has 31 heavy (non-hydrogen) atoms. The largest absolute Gasteiger partial charge is 0.465 e. The van der Waals surface area contributed by atoms with Gasteiger partial charge in [-0.1, -0.05) is 30.0 Å². The van der Waals surface area contributed by atoms with Crippen molar-refractivity contribution in [3.63, 3.8) is 0 Å². The minimum Gasteiger partial charge on any atom is -0.465 e. The van der Waals surface area contributed by atoms with Gasteiger partial charge in [-0.15, -0.1) is 10.2 Å². The number of amides is 1. The number of hydrogen-bond donors (Lipinski definition) is 1. The third-order valence-electron chi connectivity index (χ3n) is 4.60. The quantitative estimate of drug-likeness (QED) is 0.342. The highest BCUT2D eigenvalue weighted by Gasteiger charge is 2.18. The number of nitrogens with one attached hydrogen (secondary N) is 1. The van der Waals surface area contributed by atoms with E-state index < -0.39 is 5.97 Å². The Labute approximate surface area is 182 Å². The van der Waals surface area contributed by atoms with Gasteiger partial charge in [0.2, 0.25) is 11.7 Å². The highest BCUT2D eigenvalue weighted by molar-refractivity contribution is 7.99. The molecule has 0 spiro atoms. The molecule has 9 heteroatoms. The molecule has 158 valence electrons. The maximum Gasteiger partial charge on any atom is 0.337 e. The summed E-state index contributed by atoms with van der Waals surface area (Å²) in [6.07, 6.45) is 0. The summed E-state index contributed by atoms with van der Waals surface area (Å²) in [4.78, 5) is 23.8. The Morgan fingerprint density at radius 1 is 1.13 bits per heavy atom. The van der Waals surface area contributed by atoms with Crippen molar-refractivity contribution >= 4 is 40.3 Å². The SMILES string of the molecule is CCn1c(SCC(=O)Nc2ccc(C(=O)OC)cc2)nnc1-c1cc2ccccc2o1. The van der Waals surface area contributed by atoms with E-state index in [4.69, 9.17) is 4.42 Å². The van der Waals surface area contributed by atoms with Gasteiger partial charge in [-0.25, -0.2) is 4.79 Å². The number of carbonyl (C=O) groups is 2. The van der Waals surface area contributed by atoms with Crippen LogP contribution in [0.4, 0.5) is 5.69 Å². The number of aromatic nitrogens is 3. The highest BCUT2D eigenvalue weighted by atomic mass is 32.2. The summed E-state index contributed by atoms with van der Waals surface area (Å²) in [7, 11) is 1.32. The number of fused-ring (bicyclic) bond motifs is 1. The zero-order valence-corrected chi connectivity index (χ0v) is 17.8. The summed E-state index contributed by atoms with van der Waals surface area (Å²) in [6.45, 7) is 2.63. The van der Waals surface area contributed by atoms with Gasteiger partial charge in [0.25, 0.3) is 0 Å². The average Bonchev–Trinajstić information content (AvgIpc) is 3.41. The Bertz CT molecular complexity index is 1200. The Morgan fingerprint density at radius 3 is 2.61 bits per heavy atom. The van der Waals surface area contributed by atoms with Gasteiger partial charge < -0.3 is 14.5 Å². The third kappa shape index (κ3) is 4.46. The molecular weight excluding hydrogens is 416 g/mol. The Morgan fingerprint density at radius 2 is 1.90 bits per heavy atom.